The zero-order valence-corrected chi connectivity index (χ0v) is 16.1. The lowest BCUT2D eigenvalue weighted by Gasteiger charge is -2.32. The van der Waals surface area contributed by atoms with Gasteiger partial charge in [0.2, 0.25) is 5.91 Å². The SMILES string of the molecule is COC(=O)[C@H](CC(C)C)NC(=O)N1CCC(C(=O)Nc2cccnc2)CC1. The number of hydrogen-bond donors (Lipinski definition) is 2. The molecule has 0 saturated carbocycles. The molecule has 1 aromatic heterocycles. The van der Waals surface area contributed by atoms with Gasteiger partial charge in [-0.25, -0.2) is 9.59 Å². The number of esters is 1. The average molecular weight is 376 g/mol. The minimum absolute atomic E-state index is 0.0599. The number of piperidine rings is 1. The zero-order valence-electron chi connectivity index (χ0n) is 16.1. The third kappa shape index (κ3) is 6.23. The van der Waals surface area contributed by atoms with E-state index in [1.807, 2.05) is 13.8 Å². The van der Waals surface area contributed by atoms with Gasteiger partial charge in [0.15, 0.2) is 0 Å². The van der Waals surface area contributed by atoms with Crippen molar-refractivity contribution in [3.05, 3.63) is 24.5 Å². The summed E-state index contributed by atoms with van der Waals surface area (Å²) in [6.45, 7) is 4.89. The third-order valence-electron chi connectivity index (χ3n) is 4.57. The predicted octanol–water partition coefficient (Wildman–Crippen LogP) is 2.03. The summed E-state index contributed by atoms with van der Waals surface area (Å²) >= 11 is 0. The Labute approximate surface area is 159 Å². The molecule has 8 nitrogen and oxygen atoms in total. The molecule has 1 aromatic rings. The van der Waals surface area contributed by atoms with E-state index in [0.717, 1.165) is 0 Å². The molecular weight excluding hydrogens is 348 g/mol. The van der Waals surface area contributed by atoms with Crippen molar-refractivity contribution >= 4 is 23.6 Å². The first kappa shape index (κ1) is 20.7. The maximum absolute atomic E-state index is 12.5. The Morgan fingerprint density at radius 2 is 2.00 bits per heavy atom. The molecule has 0 aliphatic carbocycles. The highest BCUT2D eigenvalue weighted by Gasteiger charge is 2.30. The van der Waals surface area contributed by atoms with Gasteiger partial charge in [0.25, 0.3) is 0 Å². The van der Waals surface area contributed by atoms with Gasteiger partial charge in [-0.2, -0.15) is 0 Å². The van der Waals surface area contributed by atoms with Gasteiger partial charge in [0.1, 0.15) is 6.04 Å². The molecule has 2 N–H and O–H groups in total. The summed E-state index contributed by atoms with van der Waals surface area (Å²) < 4.78 is 4.78. The lowest BCUT2D eigenvalue weighted by Crippen LogP contribution is -2.51. The summed E-state index contributed by atoms with van der Waals surface area (Å²) in [6.07, 6.45) is 4.91. The largest absolute Gasteiger partial charge is 0.467 e. The molecule has 2 heterocycles. The molecule has 1 atom stereocenters. The van der Waals surface area contributed by atoms with Gasteiger partial charge in [0, 0.05) is 25.2 Å². The van der Waals surface area contributed by atoms with Crippen LogP contribution in [0.5, 0.6) is 0 Å². The molecule has 1 fully saturated rings. The van der Waals surface area contributed by atoms with Crippen LogP contribution in [0.25, 0.3) is 0 Å². The molecule has 1 aliphatic rings. The number of ether oxygens (including phenoxy) is 1. The first-order valence-electron chi connectivity index (χ1n) is 9.24. The van der Waals surface area contributed by atoms with Gasteiger partial charge in [-0.05, 0) is 37.3 Å². The summed E-state index contributed by atoms with van der Waals surface area (Å²) in [5, 5.41) is 5.61. The summed E-state index contributed by atoms with van der Waals surface area (Å²) in [5.41, 5.74) is 0.664. The summed E-state index contributed by atoms with van der Waals surface area (Å²) in [6, 6.07) is 2.60. The van der Waals surface area contributed by atoms with Crippen LogP contribution in [0.4, 0.5) is 10.5 Å². The van der Waals surface area contributed by atoms with Crippen LogP contribution in [0.3, 0.4) is 0 Å². The van der Waals surface area contributed by atoms with Gasteiger partial charge >= 0.3 is 12.0 Å². The first-order chi connectivity index (χ1) is 12.9. The number of methoxy groups -OCH3 is 1. The molecule has 27 heavy (non-hydrogen) atoms. The van der Waals surface area contributed by atoms with Gasteiger partial charge in [-0.3, -0.25) is 9.78 Å². The standard InChI is InChI=1S/C19H28N4O4/c1-13(2)11-16(18(25)27-3)22-19(26)23-9-6-14(7-10-23)17(24)21-15-5-4-8-20-12-15/h4-5,8,12-14,16H,6-7,9-11H2,1-3H3,(H,21,24)(H,22,26)/t16-/m0/s1. The number of carbonyl (C=O) groups excluding carboxylic acids is 3. The number of rotatable bonds is 6. The number of aromatic nitrogens is 1. The highest BCUT2D eigenvalue weighted by atomic mass is 16.5. The Kier molecular flexibility index (Phi) is 7.57. The fourth-order valence-corrected chi connectivity index (χ4v) is 3.09. The number of nitrogens with zero attached hydrogens (tertiary/aromatic N) is 2. The van der Waals surface area contributed by atoms with Crippen LogP contribution in [-0.4, -0.2) is 54.0 Å². The van der Waals surface area contributed by atoms with E-state index in [0.29, 0.717) is 38.0 Å². The summed E-state index contributed by atoms with van der Waals surface area (Å²) in [5.74, 6) is -0.407. The molecule has 8 heteroatoms. The van der Waals surface area contributed by atoms with E-state index in [1.165, 1.54) is 7.11 Å². The predicted molar refractivity (Wildman–Crippen MR) is 101 cm³/mol. The first-order valence-corrected chi connectivity index (χ1v) is 9.24. The summed E-state index contributed by atoms with van der Waals surface area (Å²) in [7, 11) is 1.31. The number of amides is 3. The number of urea groups is 1. The molecule has 0 aromatic carbocycles. The maximum atomic E-state index is 12.5. The molecule has 0 radical (unpaired) electrons. The van der Waals surface area contributed by atoms with E-state index in [1.54, 1.807) is 29.4 Å². The highest BCUT2D eigenvalue weighted by Crippen LogP contribution is 2.19. The second-order valence-electron chi connectivity index (χ2n) is 7.15. The summed E-state index contributed by atoms with van der Waals surface area (Å²) in [4.78, 5) is 42.3. The van der Waals surface area contributed by atoms with Crippen molar-refractivity contribution in [1.82, 2.24) is 15.2 Å². The van der Waals surface area contributed by atoms with Gasteiger partial charge in [-0.15, -0.1) is 0 Å². The van der Waals surface area contributed by atoms with E-state index < -0.39 is 12.0 Å². The minimum Gasteiger partial charge on any atom is -0.467 e. The molecular formula is C19H28N4O4. The van der Waals surface area contributed by atoms with Crippen molar-refractivity contribution in [1.29, 1.82) is 0 Å². The van der Waals surface area contributed by atoms with Crippen molar-refractivity contribution in [2.45, 2.75) is 39.2 Å². The number of likely N-dealkylation sites (tertiary alicyclic amines) is 1. The van der Waals surface area contributed by atoms with Crippen LogP contribution in [0.2, 0.25) is 0 Å². The van der Waals surface area contributed by atoms with Crippen LogP contribution in [-0.2, 0) is 14.3 Å². The van der Waals surface area contributed by atoms with Crippen LogP contribution in [0.1, 0.15) is 33.1 Å². The van der Waals surface area contributed by atoms with Gasteiger partial charge in [-0.1, -0.05) is 13.8 Å². The lowest BCUT2D eigenvalue weighted by molar-refractivity contribution is -0.143. The minimum atomic E-state index is -0.658. The zero-order chi connectivity index (χ0) is 19.8. The van der Waals surface area contributed by atoms with Crippen molar-refractivity contribution in [3.8, 4) is 0 Å². The molecule has 2 rings (SSSR count). The fourth-order valence-electron chi connectivity index (χ4n) is 3.09. The van der Waals surface area contributed by atoms with Crippen molar-refractivity contribution < 1.29 is 19.1 Å². The highest BCUT2D eigenvalue weighted by molar-refractivity contribution is 5.92. The number of pyridine rings is 1. The normalized spacial score (nSPS) is 15.9. The molecule has 3 amide bonds. The maximum Gasteiger partial charge on any atom is 0.328 e. The second kappa shape index (κ2) is 9.89. The van der Waals surface area contributed by atoms with E-state index in [4.69, 9.17) is 4.74 Å². The molecule has 148 valence electrons. The topological polar surface area (TPSA) is 101 Å². The Hall–Kier alpha value is -2.64. The van der Waals surface area contributed by atoms with Crippen LogP contribution in [0.15, 0.2) is 24.5 Å². The fraction of sp³-hybridized carbons (Fsp3) is 0.579. The number of nitrogens with one attached hydrogen (secondary N) is 2. The molecule has 1 aliphatic heterocycles. The van der Waals surface area contributed by atoms with E-state index in [-0.39, 0.29) is 23.8 Å². The van der Waals surface area contributed by atoms with E-state index in [2.05, 4.69) is 15.6 Å². The van der Waals surface area contributed by atoms with Crippen LogP contribution < -0.4 is 10.6 Å². The molecule has 1 saturated heterocycles. The van der Waals surface area contributed by atoms with E-state index >= 15 is 0 Å². The Bertz CT molecular complexity index is 642. The van der Waals surface area contributed by atoms with Crippen molar-refractivity contribution in [3.63, 3.8) is 0 Å². The van der Waals surface area contributed by atoms with Gasteiger partial charge < -0.3 is 20.3 Å². The third-order valence-corrected chi connectivity index (χ3v) is 4.57. The molecule has 0 unspecified atom stereocenters. The Balaban J connectivity index is 1.84. The number of carbonyl (C=O) groups is 3. The quantitative estimate of drug-likeness (QED) is 0.740. The monoisotopic (exact) mass is 376 g/mol. The number of hydrogen-bond acceptors (Lipinski definition) is 5. The van der Waals surface area contributed by atoms with E-state index in [9.17, 15) is 14.4 Å². The number of anilines is 1. The van der Waals surface area contributed by atoms with Gasteiger partial charge in [0.05, 0.1) is 19.0 Å². The van der Waals surface area contributed by atoms with Crippen LogP contribution in [0, 0.1) is 11.8 Å². The smallest absolute Gasteiger partial charge is 0.328 e. The van der Waals surface area contributed by atoms with Crippen LogP contribution >= 0.6 is 0 Å². The average Bonchev–Trinajstić information content (AvgIpc) is 2.67. The lowest BCUT2D eigenvalue weighted by atomic mass is 9.96. The second-order valence-corrected chi connectivity index (χ2v) is 7.15. The molecule has 0 spiro atoms. The Morgan fingerprint density at radius 1 is 1.30 bits per heavy atom. The Morgan fingerprint density at radius 3 is 2.56 bits per heavy atom. The van der Waals surface area contributed by atoms with Crippen molar-refractivity contribution in [2.75, 3.05) is 25.5 Å². The molecule has 0 bridgehead atoms. The van der Waals surface area contributed by atoms with Crippen molar-refractivity contribution in [2.24, 2.45) is 11.8 Å².